The topological polar surface area (TPSA) is 114 Å². The minimum absolute atomic E-state index is 0.0334. The summed E-state index contributed by atoms with van der Waals surface area (Å²) in [6.45, 7) is 1.94. The van der Waals surface area contributed by atoms with Crippen LogP contribution in [0.25, 0.3) is 0 Å². The Kier molecular flexibility index (Phi) is 5.25. The molecule has 4 N–H and O–H groups in total. The van der Waals surface area contributed by atoms with Gasteiger partial charge in [0.1, 0.15) is 5.82 Å². The molecule has 0 saturated carbocycles. The van der Waals surface area contributed by atoms with Gasteiger partial charge in [0.15, 0.2) is 0 Å². The number of aromatic nitrogens is 1. The Bertz CT molecular complexity index is 557. The zero-order chi connectivity index (χ0) is 14.5. The average Bonchev–Trinajstić information content (AvgIpc) is 2.37. The van der Waals surface area contributed by atoms with E-state index in [1.807, 2.05) is 6.92 Å². The maximum absolute atomic E-state index is 11.8. The van der Waals surface area contributed by atoms with Crippen molar-refractivity contribution in [2.45, 2.75) is 13.3 Å². The van der Waals surface area contributed by atoms with Crippen LogP contribution >= 0.6 is 0 Å². The fourth-order valence-electron chi connectivity index (χ4n) is 1.43. The highest BCUT2D eigenvalue weighted by Gasteiger charge is 2.11. The number of pyridine rings is 1. The number of hydrogen-bond donors (Lipinski definition) is 3. The lowest BCUT2D eigenvalue weighted by Gasteiger charge is -2.07. The van der Waals surface area contributed by atoms with Gasteiger partial charge in [-0.3, -0.25) is 4.79 Å². The highest BCUT2D eigenvalue weighted by Crippen LogP contribution is 2.08. The van der Waals surface area contributed by atoms with Crippen molar-refractivity contribution in [2.75, 3.05) is 25.1 Å². The summed E-state index contributed by atoms with van der Waals surface area (Å²) in [6.07, 6.45) is 0.666. The molecule has 0 aliphatic carbocycles. The van der Waals surface area contributed by atoms with Crippen LogP contribution in [0.4, 0.5) is 5.82 Å². The lowest BCUT2D eigenvalue weighted by molar-refractivity contribution is 0.0956. The van der Waals surface area contributed by atoms with E-state index in [1.165, 1.54) is 13.1 Å². The molecule has 7 nitrogen and oxygen atoms in total. The largest absolute Gasteiger partial charge is 0.384 e. The van der Waals surface area contributed by atoms with Crippen LogP contribution in [0.3, 0.4) is 0 Å². The van der Waals surface area contributed by atoms with Crippen molar-refractivity contribution in [3.63, 3.8) is 0 Å². The zero-order valence-corrected chi connectivity index (χ0v) is 11.8. The van der Waals surface area contributed by atoms with Crippen LogP contribution in [0.5, 0.6) is 0 Å². The number of rotatable bonds is 6. The molecule has 0 bridgehead atoms. The Balaban J connectivity index is 2.66. The number of carbonyl (C=O) groups is 1. The molecule has 0 spiro atoms. The summed E-state index contributed by atoms with van der Waals surface area (Å²) < 4.78 is 24.5. The van der Waals surface area contributed by atoms with Crippen molar-refractivity contribution < 1.29 is 13.2 Å². The maximum atomic E-state index is 11.8. The number of sulfonamides is 1. The molecule has 1 heterocycles. The summed E-state index contributed by atoms with van der Waals surface area (Å²) in [5, 5.41) is 2.53. The third-order valence-corrected chi connectivity index (χ3v) is 3.85. The molecule has 0 aliphatic rings. The van der Waals surface area contributed by atoms with Crippen molar-refractivity contribution in [3.05, 3.63) is 23.4 Å². The van der Waals surface area contributed by atoms with E-state index in [1.54, 1.807) is 6.07 Å². The molecule has 0 unspecified atom stereocenters. The maximum Gasteiger partial charge on any atom is 0.251 e. The number of amides is 1. The first-order valence-electron chi connectivity index (χ1n) is 5.84. The highest BCUT2D eigenvalue weighted by atomic mass is 32.2. The molecule has 0 saturated heterocycles. The molecule has 0 aromatic carbocycles. The van der Waals surface area contributed by atoms with Gasteiger partial charge in [-0.15, -0.1) is 0 Å². The minimum atomic E-state index is -3.32. The normalized spacial score (nSPS) is 11.3. The van der Waals surface area contributed by atoms with Gasteiger partial charge in [-0.2, -0.15) is 0 Å². The van der Waals surface area contributed by atoms with E-state index in [-0.39, 0.29) is 24.0 Å². The molecule has 0 atom stereocenters. The van der Waals surface area contributed by atoms with E-state index >= 15 is 0 Å². The van der Waals surface area contributed by atoms with Crippen LogP contribution in [0, 0.1) is 0 Å². The van der Waals surface area contributed by atoms with Gasteiger partial charge in [0, 0.05) is 17.8 Å². The Labute approximate surface area is 112 Å². The first kappa shape index (κ1) is 15.4. The predicted octanol–water partition coefficient (Wildman–Crippen LogP) is -0.495. The van der Waals surface area contributed by atoms with E-state index in [0.717, 1.165) is 0 Å². The molecule has 1 aromatic rings. The third kappa shape index (κ3) is 4.84. The van der Waals surface area contributed by atoms with Crippen LogP contribution in [0.1, 0.15) is 23.0 Å². The Morgan fingerprint density at radius 2 is 2.11 bits per heavy atom. The molecular formula is C11H18N4O3S. The molecular weight excluding hydrogens is 268 g/mol. The van der Waals surface area contributed by atoms with Crippen molar-refractivity contribution in [2.24, 2.45) is 0 Å². The number of nitrogens with two attached hydrogens (primary N) is 1. The van der Waals surface area contributed by atoms with E-state index in [0.29, 0.717) is 17.7 Å². The van der Waals surface area contributed by atoms with Crippen LogP contribution in [-0.2, 0) is 16.4 Å². The molecule has 8 heteroatoms. The van der Waals surface area contributed by atoms with Gasteiger partial charge in [-0.25, -0.2) is 18.1 Å². The molecule has 1 aromatic heterocycles. The molecule has 19 heavy (non-hydrogen) atoms. The molecule has 0 aliphatic heterocycles. The number of carbonyl (C=O) groups excluding carboxylic acids is 1. The summed E-state index contributed by atoms with van der Waals surface area (Å²) in [7, 11) is -1.99. The number of nitrogen functional groups attached to an aromatic ring is 1. The quantitative estimate of drug-likeness (QED) is 0.652. The average molecular weight is 286 g/mol. The standard InChI is InChI=1S/C11H18N4O3S/c1-3-9-6-8(7-10(12)15-9)11(16)14-4-5-19(17,18)13-2/h6-7,13H,3-5H2,1-2H3,(H2,12,15)(H,14,16). The van der Waals surface area contributed by atoms with E-state index in [9.17, 15) is 13.2 Å². The van der Waals surface area contributed by atoms with Crippen molar-refractivity contribution in [1.29, 1.82) is 0 Å². The van der Waals surface area contributed by atoms with Gasteiger partial charge in [0.05, 0.1) is 5.75 Å². The SMILES string of the molecule is CCc1cc(C(=O)NCCS(=O)(=O)NC)cc(N)n1. The summed E-state index contributed by atoms with van der Waals surface area (Å²) in [5.41, 5.74) is 6.69. The van der Waals surface area contributed by atoms with Crippen LogP contribution in [0.15, 0.2) is 12.1 Å². The van der Waals surface area contributed by atoms with Crippen molar-refractivity contribution >= 4 is 21.7 Å². The molecule has 106 valence electrons. The Morgan fingerprint density at radius 1 is 1.42 bits per heavy atom. The van der Waals surface area contributed by atoms with Crippen molar-refractivity contribution in [3.8, 4) is 0 Å². The number of aryl methyl sites for hydroxylation is 1. The minimum Gasteiger partial charge on any atom is -0.384 e. The number of nitrogens with one attached hydrogen (secondary N) is 2. The third-order valence-electron chi connectivity index (χ3n) is 2.49. The van der Waals surface area contributed by atoms with Crippen LogP contribution in [-0.4, -0.2) is 38.7 Å². The van der Waals surface area contributed by atoms with Gasteiger partial charge < -0.3 is 11.1 Å². The zero-order valence-electron chi connectivity index (χ0n) is 10.9. The lowest BCUT2D eigenvalue weighted by Crippen LogP contribution is -2.33. The van der Waals surface area contributed by atoms with Gasteiger partial charge >= 0.3 is 0 Å². The molecule has 0 fully saturated rings. The lowest BCUT2D eigenvalue weighted by atomic mass is 10.2. The van der Waals surface area contributed by atoms with E-state index in [4.69, 9.17) is 5.73 Å². The summed E-state index contributed by atoms with van der Waals surface area (Å²) in [6, 6.07) is 3.10. The second kappa shape index (κ2) is 6.48. The Hall–Kier alpha value is -1.67. The number of hydrogen-bond acceptors (Lipinski definition) is 5. The van der Waals surface area contributed by atoms with Crippen LogP contribution < -0.4 is 15.8 Å². The second-order valence-electron chi connectivity index (χ2n) is 3.90. The van der Waals surface area contributed by atoms with Crippen molar-refractivity contribution in [1.82, 2.24) is 15.0 Å². The number of anilines is 1. The van der Waals surface area contributed by atoms with Gasteiger partial charge in [-0.05, 0) is 25.6 Å². The van der Waals surface area contributed by atoms with Gasteiger partial charge in [0.2, 0.25) is 10.0 Å². The summed E-state index contributed by atoms with van der Waals surface area (Å²) in [5.74, 6) is -0.265. The second-order valence-corrected chi connectivity index (χ2v) is 5.95. The predicted molar refractivity (Wildman–Crippen MR) is 73.2 cm³/mol. The first-order chi connectivity index (χ1) is 8.88. The molecule has 0 radical (unpaired) electrons. The smallest absolute Gasteiger partial charge is 0.251 e. The number of nitrogens with zero attached hydrogens (tertiary/aromatic N) is 1. The first-order valence-corrected chi connectivity index (χ1v) is 7.49. The fourth-order valence-corrected chi connectivity index (χ4v) is 2.00. The Morgan fingerprint density at radius 3 is 2.68 bits per heavy atom. The highest BCUT2D eigenvalue weighted by molar-refractivity contribution is 7.89. The fraction of sp³-hybridized carbons (Fsp3) is 0.455. The van der Waals surface area contributed by atoms with Gasteiger partial charge in [-0.1, -0.05) is 6.92 Å². The molecule has 1 amide bonds. The van der Waals surface area contributed by atoms with E-state index < -0.39 is 10.0 Å². The van der Waals surface area contributed by atoms with E-state index in [2.05, 4.69) is 15.0 Å². The van der Waals surface area contributed by atoms with Crippen LogP contribution in [0.2, 0.25) is 0 Å². The molecule has 1 rings (SSSR count). The summed E-state index contributed by atoms with van der Waals surface area (Å²) >= 11 is 0. The van der Waals surface area contributed by atoms with Gasteiger partial charge in [0.25, 0.3) is 5.91 Å². The monoisotopic (exact) mass is 286 g/mol. The summed E-state index contributed by atoms with van der Waals surface area (Å²) in [4.78, 5) is 15.9.